The molecule has 0 fully saturated rings. The Bertz CT molecular complexity index is 1030. The molecule has 0 aromatic heterocycles. The molecule has 4 nitrogen and oxygen atoms in total. The zero-order chi connectivity index (χ0) is 22.2. The smallest absolute Gasteiger partial charge is 0.175 e. The van der Waals surface area contributed by atoms with E-state index in [2.05, 4.69) is 27.3 Å². The number of para-hydroxylation sites is 1. The SMILES string of the molecule is COc1ccccc1CCNCc1cc(Br)c(OCc2ccc(Cl)c(Cl)c2)c(OC)c1.Cl. The molecule has 32 heavy (non-hydrogen) atoms. The molecule has 0 unspecified atom stereocenters. The van der Waals surface area contributed by atoms with Crippen molar-refractivity contribution in [3.63, 3.8) is 0 Å². The van der Waals surface area contributed by atoms with E-state index in [4.69, 9.17) is 37.4 Å². The van der Waals surface area contributed by atoms with Gasteiger partial charge in [0.1, 0.15) is 12.4 Å². The third-order valence-electron chi connectivity index (χ3n) is 4.75. The van der Waals surface area contributed by atoms with Crippen LogP contribution in [0.4, 0.5) is 0 Å². The second-order valence-electron chi connectivity index (χ2n) is 6.88. The van der Waals surface area contributed by atoms with Crippen LogP contribution in [0.2, 0.25) is 10.0 Å². The van der Waals surface area contributed by atoms with Gasteiger partial charge in [0.25, 0.3) is 0 Å². The number of hydrogen-bond donors (Lipinski definition) is 1. The summed E-state index contributed by atoms with van der Waals surface area (Å²) in [6.45, 7) is 1.88. The van der Waals surface area contributed by atoms with Crippen molar-refractivity contribution in [1.29, 1.82) is 0 Å². The summed E-state index contributed by atoms with van der Waals surface area (Å²) in [5, 5.41) is 4.49. The standard InChI is InChI=1S/C24H24BrCl2NO3.ClH/c1-29-22-6-4-3-5-18(22)9-10-28-14-17-11-19(25)24(23(13-17)30-2)31-15-16-7-8-20(26)21(27)12-16;/h3-8,11-13,28H,9-10,14-15H2,1-2H3;1H. The van der Waals surface area contributed by atoms with Crippen LogP contribution in [0.1, 0.15) is 16.7 Å². The Hall–Kier alpha value is -1.63. The average Bonchev–Trinajstić information content (AvgIpc) is 2.78. The molecule has 3 aromatic carbocycles. The molecule has 1 N–H and O–H groups in total. The Morgan fingerprint density at radius 1 is 0.875 bits per heavy atom. The lowest BCUT2D eigenvalue weighted by molar-refractivity contribution is 0.282. The van der Waals surface area contributed by atoms with Crippen LogP contribution < -0.4 is 19.5 Å². The third-order valence-corrected chi connectivity index (χ3v) is 6.08. The average molecular weight is 562 g/mol. The van der Waals surface area contributed by atoms with Crippen LogP contribution in [0.5, 0.6) is 17.2 Å². The number of benzene rings is 3. The quantitative estimate of drug-likeness (QED) is 0.268. The largest absolute Gasteiger partial charge is 0.496 e. The van der Waals surface area contributed by atoms with Crippen molar-refractivity contribution in [2.75, 3.05) is 20.8 Å². The lowest BCUT2D eigenvalue weighted by Gasteiger charge is -2.15. The Kier molecular flexibility index (Phi) is 11.0. The van der Waals surface area contributed by atoms with Gasteiger partial charge in [-0.2, -0.15) is 0 Å². The normalized spacial score (nSPS) is 10.4. The second kappa shape index (κ2) is 13.2. The molecule has 0 amide bonds. The van der Waals surface area contributed by atoms with Crippen molar-refractivity contribution in [2.45, 2.75) is 19.6 Å². The number of nitrogens with one attached hydrogen (secondary N) is 1. The summed E-state index contributed by atoms with van der Waals surface area (Å²) in [6.07, 6.45) is 0.882. The Morgan fingerprint density at radius 2 is 1.62 bits per heavy atom. The molecular weight excluding hydrogens is 537 g/mol. The molecule has 0 radical (unpaired) electrons. The molecule has 0 atom stereocenters. The van der Waals surface area contributed by atoms with Crippen LogP contribution >= 0.6 is 51.5 Å². The topological polar surface area (TPSA) is 39.7 Å². The minimum absolute atomic E-state index is 0. The Balaban J connectivity index is 0.00000363. The van der Waals surface area contributed by atoms with Crippen molar-refractivity contribution in [1.82, 2.24) is 5.32 Å². The lowest BCUT2D eigenvalue weighted by atomic mass is 10.1. The highest BCUT2D eigenvalue weighted by Crippen LogP contribution is 2.37. The highest BCUT2D eigenvalue weighted by atomic mass is 79.9. The van der Waals surface area contributed by atoms with Crippen molar-refractivity contribution in [3.8, 4) is 17.2 Å². The maximum Gasteiger partial charge on any atom is 0.175 e. The van der Waals surface area contributed by atoms with Crippen molar-refractivity contribution in [2.24, 2.45) is 0 Å². The molecule has 3 rings (SSSR count). The first-order valence-corrected chi connectivity index (χ1v) is 11.3. The Labute approximate surface area is 213 Å². The van der Waals surface area contributed by atoms with Crippen LogP contribution in [-0.2, 0) is 19.6 Å². The first-order chi connectivity index (χ1) is 15.0. The summed E-state index contributed by atoms with van der Waals surface area (Å²) in [7, 11) is 3.33. The molecule has 0 heterocycles. The molecule has 0 aliphatic heterocycles. The van der Waals surface area contributed by atoms with Crippen molar-refractivity contribution in [3.05, 3.63) is 85.8 Å². The van der Waals surface area contributed by atoms with E-state index in [0.29, 0.717) is 34.7 Å². The fraction of sp³-hybridized carbons (Fsp3) is 0.250. The molecule has 8 heteroatoms. The molecule has 0 bridgehead atoms. The summed E-state index contributed by atoms with van der Waals surface area (Å²) in [4.78, 5) is 0. The molecule has 0 saturated carbocycles. The number of halogens is 4. The number of methoxy groups -OCH3 is 2. The second-order valence-corrected chi connectivity index (χ2v) is 8.55. The maximum absolute atomic E-state index is 6.09. The number of rotatable bonds is 10. The molecule has 0 aliphatic rings. The summed E-state index contributed by atoms with van der Waals surface area (Å²) in [5.41, 5.74) is 3.19. The van der Waals surface area contributed by atoms with E-state index in [-0.39, 0.29) is 12.4 Å². The highest BCUT2D eigenvalue weighted by Gasteiger charge is 2.13. The molecular formula is C24H25BrCl3NO3. The maximum atomic E-state index is 6.09. The fourth-order valence-electron chi connectivity index (χ4n) is 3.17. The van der Waals surface area contributed by atoms with Gasteiger partial charge in [-0.05, 0) is 75.9 Å². The number of ether oxygens (including phenoxy) is 3. The minimum Gasteiger partial charge on any atom is -0.496 e. The van der Waals surface area contributed by atoms with Gasteiger partial charge in [0, 0.05) is 6.54 Å². The molecule has 0 spiro atoms. The highest BCUT2D eigenvalue weighted by molar-refractivity contribution is 9.10. The van der Waals surface area contributed by atoms with Crippen LogP contribution in [0.15, 0.2) is 59.1 Å². The van der Waals surface area contributed by atoms with Gasteiger partial charge in [0.05, 0.1) is 28.7 Å². The molecule has 3 aromatic rings. The van der Waals surface area contributed by atoms with Gasteiger partial charge >= 0.3 is 0 Å². The zero-order valence-electron chi connectivity index (χ0n) is 17.8. The van der Waals surface area contributed by atoms with Gasteiger partial charge in [0.15, 0.2) is 11.5 Å². The van der Waals surface area contributed by atoms with Crippen LogP contribution in [-0.4, -0.2) is 20.8 Å². The monoisotopic (exact) mass is 559 g/mol. The minimum atomic E-state index is 0. The molecule has 172 valence electrons. The van der Waals surface area contributed by atoms with Gasteiger partial charge in [-0.1, -0.05) is 47.5 Å². The van der Waals surface area contributed by atoms with E-state index in [1.165, 1.54) is 5.56 Å². The third kappa shape index (κ3) is 7.19. The number of hydrogen-bond acceptors (Lipinski definition) is 4. The van der Waals surface area contributed by atoms with Gasteiger partial charge in [-0.15, -0.1) is 12.4 Å². The van der Waals surface area contributed by atoms with Gasteiger partial charge in [-0.3, -0.25) is 0 Å². The van der Waals surface area contributed by atoms with Crippen LogP contribution in [0.25, 0.3) is 0 Å². The zero-order valence-corrected chi connectivity index (χ0v) is 21.7. The summed E-state index contributed by atoms with van der Waals surface area (Å²) < 4.78 is 17.8. The molecule has 0 aliphatic carbocycles. The fourth-order valence-corrected chi connectivity index (χ4v) is 4.09. The van der Waals surface area contributed by atoms with Crippen LogP contribution in [0, 0.1) is 0 Å². The van der Waals surface area contributed by atoms with E-state index in [1.807, 2.05) is 36.4 Å². The first-order valence-electron chi connectivity index (χ1n) is 9.77. The van der Waals surface area contributed by atoms with E-state index in [0.717, 1.165) is 34.3 Å². The van der Waals surface area contributed by atoms with Crippen molar-refractivity contribution >= 4 is 51.5 Å². The van der Waals surface area contributed by atoms with E-state index in [9.17, 15) is 0 Å². The Morgan fingerprint density at radius 3 is 2.34 bits per heavy atom. The van der Waals surface area contributed by atoms with Gasteiger partial charge in [0.2, 0.25) is 0 Å². The van der Waals surface area contributed by atoms with Crippen molar-refractivity contribution < 1.29 is 14.2 Å². The predicted octanol–water partition coefficient (Wildman–Crippen LogP) is 7.11. The van der Waals surface area contributed by atoms with Crippen LogP contribution in [0.3, 0.4) is 0 Å². The first kappa shape index (κ1) is 26.6. The van der Waals surface area contributed by atoms with Gasteiger partial charge < -0.3 is 19.5 Å². The predicted molar refractivity (Wildman–Crippen MR) is 137 cm³/mol. The van der Waals surface area contributed by atoms with Gasteiger partial charge in [-0.25, -0.2) is 0 Å². The lowest BCUT2D eigenvalue weighted by Crippen LogP contribution is -2.17. The molecule has 0 saturated heterocycles. The summed E-state index contributed by atoms with van der Waals surface area (Å²) in [6, 6.07) is 17.5. The van der Waals surface area contributed by atoms with E-state index < -0.39 is 0 Å². The van der Waals surface area contributed by atoms with E-state index in [1.54, 1.807) is 26.4 Å². The van der Waals surface area contributed by atoms with E-state index >= 15 is 0 Å². The summed E-state index contributed by atoms with van der Waals surface area (Å²) in [5.74, 6) is 2.22. The summed E-state index contributed by atoms with van der Waals surface area (Å²) >= 11 is 15.7.